The number of nitrogens with two attached hydrogens (primary N) is 1. The Kier molecular flexibility index (Phi) is 12.8. The fourth-order valence-electron chi connectivity index (χ4n) is 1.86. The molecule has 3 N–H and O–H groups in total. The van der Waals surface area contributed by atoms with Crippen molar-refractivity contribution in [2.75, 3.05) is 13.7 Å². The van der Waals surface area contributed by atoms with Crippen LogP contribution in [0.5, 0.6) is 0 Å². The molecule has 1 rings (SSSR count). The van der Waals surface area contributed by atoms with Gasteiger partial charge in [-0.25, -0.2) is 4.79 Å². The van der Waals surface area contributed by atoms with Gasteiger partial charge in [0.2, 0.25) is 11.8 Å². The number of rotatable bonds is 8. The highest BCUT2D eigenvalue weighted by Gasteiger charge is 2.22. The zero-order valence-electron chi connectivity index (χ0n) is 17.4. The third-order valence-corrected chi connectivity index (χ3v) is 3.12. The van der Waals surface area contributed by atoms with E-state index in [1.54, 1.807) is 18.2 Å². The number of nitrogens with one attached hydrogen (secondary N) is 1. The van der Waals surface area contributed by atoms with E-state index < -0.39 is 17.8 Å². The lowest BCUT2D eigenvalue weighted by molar-refractivity contribution is -0.149. The summed E-state index contributed by atoms with van der Waals surface area (Å²) in [5.74, 6) is -0.358. The number of amides is 2. The van der Waals surface area contributed by atoms with Crippen LogP contribution in [0.15, 0.2) is 47.8 Å². The van der Waals surface area contributed by atoms with E-state index in [1.807, 2.05) is 19.1 Å². The Morgan fingerprint density at radius 1 is 1.32 bits per heavy atom. The summed E-state index contributed by atoms with van der Waals surface area (Å²) >= 11 is 0. The summed E-state index contributed by atoms with van der Waals surface area (Å²) < 4.78 is 10.1. The van der Waals surface area contributed by atoms with Crippen LogP contribution >= 0.6 is 0 Å². The molecule has 0 aromatic carbocycles. The van der Waals surface area contributed by atoms with E-state index in [4.69, 9.17) is 15.2 Å². The second kappa shape index (κ2) is 14.3. The minimum atomic E-state index is -0.595. The van der Waals surface area contributed by atoms with Crippen LogP contribution in [-0.4, -0.2) is 37.5 Å². The molecule has 0 aliphatic carbocycles. The van der Waals surface area contributed by atoms with Gasteiger partial charge in [0.1, 0.15) is 6.10 Å². The Morgan fingerprint density at radius 2 is 1.93 bits per heavy atom. The number of ether oxygens (including phenoxy) is 2. The Bertz CT molecular complexity index is 642. The maximum absolute atomic E-state index is 11.5. The number of primary amides is 1. The molecule has 7 heteroatoms. The van der Waals surface area contributed by atoms with Gasteiger partial charge in [-0.15, -0.1) is 0 Å². The predicted octanol–water partition coefficient (Wildman–Crippen LogP) is 2.54. The molecule has 156 valence electrons. The van der Waals surface area contributed by atoms with Crippen molar-refractivity contribution in [1.29, 1.82) is 0 Å². The second-order valence-corrected chi connectivity index (χ2v) is 6.85. The third kappa shape index (κ3) is 13.4. The molecule has 0 fully saturated rings. The summed E-state index contributed by atoms with van der Waals surface area (Å²) in [5.41, 5.74) is 5.88. The molecule has 1 aliphatic heterocycles. The summed E-state index contributed by atoms with van der Waals surface area (Å²) in [6.45, 7) is 8.21. The summed E-state index contributed by atoms with van der Waals surface area (Å²) in [6, 6.07) is 0. The number of hydrogen-bond acceptors (Lipinski definition) is 5. The fourth-order valence-corrected chi connectivity index (χ4v) is 1.86. The van der Waals surface area contributed by atoms with Gasteiger partial charge in [-0.3, -0.25) is 9.59 Å². The van der Waals surface area contributed by atoms with Gasteiger partial charge in [0.25, 0.3) is 0 Å². The largest absolute Gasteiger partial charge is 0.490 e. The van der Waals surface area contributed by atoms with Gasteiger partial charge in [-0.05, 0) is 18.9 Å². The predicted molar refractivity (Wildman–Crippen MR) is 109 cm³/mol. The van der Waals surface area contributed by atoms with Crippen molar-refractivity contribution >= 4 is 17.8 Å². The summed E-state index contributed by atoms with van der Waals surface area (Å²) in [5, 5.41) is 2.34. The van der Waals surface area contributed by atoms with Gasteiger partial charge in [0, 0.05) is 18.9 Å². The van der Waals surface area contributed by atoms with Crippen LogP contribution in [-0.2, 0) is 23.9 Å². The maximum atomic E-state index is 11.5. The molecule has 0 bridgehead atoms. The molecule has 0 spiro atoms. The van der Waals surface area contributed by atoms with E-state index in [2.05, 4.69) is 26.1 Å². The highest BCUT2D eigenvalue weighted by atomic mass is 16.6. The summed E-state index contributed by atoms with van der Waals surface area (Å²) in [4.78, 5) is 33.3. The molecular weight excluding hydrogens is 360 g/mol. The minimum Gasteiger partial charge on any atom is -0.490 e. The fraction of sp³-hybridized carbons (Fsp3) is 0.476. The lowest BCUT2D eigenvalue weighted by Crippen LogP contribution is -2.32. The zero-order valence-corrected chi connectivity index (χ0v) is 17.4. The SMILES string of the molecule is CC(C)C.COC1=CC[C@@H](C/C=C(C)/C=C\C=C/C(=O)NCC(N)=O)OC1=O. The minimum absolute atomic E-state index is 0.189. The average molecular weight is 392 g/mol. The Balaban J connectivity index is 0.00000165. The van der Waals surface area contributed by atoms with Crippen LogP contribution < -0.4 is 11.1 Å². The lowest BCUT2D eigenvalue weighted by atomic mass is 10.1. The van der Waals surface area contributed by atoms with E-state index in [0.717, 1.165) is 11.5 Å². The number of carbonyl (C=O) groups is 3. The first-order chi connectivity index (χ1) is 13.1. The summed E-state index contributed by atoms with van der Waals surface area (Å²) in [6.07, 6.45) is 11.1. The molecule has 1 heterocycles. The number of esters is 1. The van der Waals surface area contributed by atoms with Crippen molar-refractivity contribution in [3.8, 4) is 0 Å². The molecule has 0 aromatic rings. The monoisotopic (exact) mass is 392 g/mol. The van der Waals surface area contributed by atoms with Crippen molar-refractivity contribution in [3.05, 3.63) is 47.8 Å². The molecule has 1 atom stereocenters. The summed E-state index contributed by atoms with van der Waals surface area (Å²) in [7, 11) is 1.43. The van der Waals surface area contributed by atoms with Gasteiger partial charge >= 0.3 is 5.97 Å². The topological polar surface area (TPSA) is 108 Å². The van der Waals surface area contributed by atoms with E-state index in [9.17, 15) is 14.4 Å². The molecule has 28 heavy (non-hydrogen) atoms. The van der Waals surface area contributed by atoms with Crippen LogP contribution in [0.2, 0.25) is 0 Å². The standard InChI is InChI=1S/C17H22N2O5.C4H10/c1-12(5-3-4-6-16(21)19-11-15(18)20)7-8-13-9-10-14(23-2)17(22)24-13;1-4(2)3/h3-7,10,13H,8-9,11H2,1-2H3,(H2,18,20)(H,19,21);4H,1-3H3/b5-3-,6-4-,12-7+;/t13-;/m1./s1. The number of allylic oxidation sites excluding steroid dienone is 4. The average Bonchev–Trinajstić information content (AvgIpc) is 2.61. The Morgan fingerprint density at radius 3 is 2.46 bits per heavy atom. The normalized spacial score (nSPS) is 17.1. The zero-order chi connectivity index (χ0) is 21.5. The van der Waals surface area contributed by atoms with Crippen molar-refractivity contribution in [2.24, 2.45) is 11.7 Å². The van der Waals surface area contributed by atoms with Crippen molar-refractivity contribution in [1.82, 2.24) is 5.32 Å². The van der Waals surface area contributed by atoms with Crippen molar-refractivity contribution in [3.63, 3.8) is 0 Å². The first kappa shape index (κ1) is 25.2. The van der Waals surface area contributed by atoms with E-state index in [1.165, 1.54) is 13.2 Å². The van der Waals surface area contributed by atoms with Crippen LogP contribution in [0.3, 0.4) is 0 Å². The first-order valence-corrected chi connectivity index (χ1v) is 9.18. The third-order valence-electron chi connectivity index (χ3n) is 3.12. The number of carbonyl (C=O) groups excluding carboxylic acids is 3. The molecule has 0 unspecified atom stereocenters. The van der Waals surface area contributed by atoms with Crippen molar-refractivity contribution in [2.45, 2.75) is 46.6 Å². The Labute approximate surface area is 167 Å². The van der Waals surface area contributed by atoms with Crippen LogP contribution in [0.4, 0.5) is 0 Å². The molecule has 1 aliphatic rings. The lowest BCUT2D eigenvalue weighted by Gasteiger charge is -2.20. The highest BCUT2D eigenvalue weighted by molar-refractivity contribution is 5.91. The first-order valence-electron chi connectivity index (χ1n) is 9.18. The van der Waals surface area contributed by atoms with Crippen LogP contribution in [0, 0.1) is 5.92 Å². The van der Waals surface area contributed by atoms with E-state index >= 15 is 0 Å². The molecule has 0 saturated heterocycles. The highest BCUT2D eigenvalue weighted by Crippen LogP contribution is 2.18. The van der Waals surface area contributed by atoms with Gasteiger partial charge < -0.3 is 20.5 Å². The molecule has 0 saturated carbocycles. The molecule has 7 nitrogen and oxygen atoms in total. The molecule has 0 radical (unpaired) electrons. The second-order valence-electron chi connectivity index (χ2n) is 6.85. The molecule has 2 amide bonds. The van der Waals surface area contributed by atoms with Gasteiger partial charge in [-0.2, -0.15) is 0 Å². The molecular formula is C21H32N2O5. The van der Waals surface area contributed by atoms with E-state index in [0.29, 0.717) is 12.8 Å². The van der Waals surface area contributed by atoms with Gasteiger partial charge in [-0.1, -0.05) is 50.6 Å². The Hall–Kier alpha value is -2.83. The smallest absolute Gasteiger partial charge is 0.373 e. The van der Waals surface area contributed by atoms with Gasteiger partial charge in [0.15, 0.2) is 5.76 Å². The number of methoxy groups -OCH3 is 1. The van der Waals surface area contributed by atoms with Crippen LogP contribution in [0.1, 0.15) is 40.5 Å². The van der Waals surface area contributed by atoms with Crippen molar-refractivity contribution < 1.29 is 23.9 Å². The molecule has 0 aromatic heterocycles. The maximum Gasteiger partial charge on any atom is 0.373 e. The van der Waals surface area contributed by atoms with Crippen LogP contribution in [0.25, 0.3) is 0 Å². The number of cyclic esters (lactones) is 1. The quantitative estimate of drug-likeness (QED) is 0.375. The van der Waals surface area contributed by atoms with Gasteiger partial charge in [0.05, 0.1) is 13.7 Å². The van der Waals surface area contributed by atoms with E-state index in [-0.39, 0.29) is 18.4 Å². The number of hydrogen-bond donors (Lipinski definition) is 2.